The number of nitrogens with zero attached hydrogens (tertiary/aromatic N) is 3. The zero-order valence-corrected chi connectivity index (χ0v) is 26.3. The summed E-state index contributed by atoms with van der Waals surface area (Å²) in [6.07, 6.45) is 6.07. The summed E-state index contributed by atoms with van der Waals surface area (Å²) in [6, 6.07) is 28.7. The number of rotatable bonds is 8. The fourth-order valence-electron chi connectivity index (χ4n) is 7.14. The molecule has 3 aliphatic heterocycles. The Morgan fingerprint density at radius 1 is 0.745 bits per heavy atom. The first-order valence-corrected chi connectivity index (χ1v) is 16.2. The molecule has 4 aromatic rings. The number of aryl methyl sites for hydroxylation is 2. The van der Waals surface area contributed by atoms with Crippen LogP contribution in [0.2, 0.25) is 0 Å². The second kappa shape index (κ2) is 12.3. The van der Waals surface area contributed by atoms with E-state index in [0.29, 0.717) is 49.0 Å². The molecule has 0 fully saturated rings. The van der Waals surface area contributed by atoms with E-state index in [2.05, 4.69) is 0 Å². The number of para-hydroxylation sites is 2. The van der Waals surface area contributed by atoms with Crippen molar-refractivity contribution < 1.29 is 24.6 Å². The van der Waals surface area contributed by atoms with E-state index >= 15 is 0 Å². The fourth-order valence-corrected chi connectivity index (χ4v) is 7.14. The van der Waals surface area contributed by atoms with E-state index in [1.54, 1.807) is 39.8 Å². The number of amides is 3. The number of aliphatic hydroxyl groups excluding tert-OH is 1. The minimum Gasteiger partial charge on any atom is -0.396 e. The van der Waals surface area contributed by atoms with E-state index in [1.807, 2.05) is 84.9 Å². The summed E-state index contributed by atoms with van der Waals surface area (Å²) in [5.74, 6) is -1.13. The Kier molecular flexibility index (Phi) is 7.99. The highest BCUT2D eigenvalue weighted by molar-refractivity contribution is 6.09. The predicted molar refractivity (Wildman–Crippen MR) is 182 cm³/mol. The van der Waals surface area contributed by atoms with E-state index in [-0.39, 0.29) is 25.0 Å². The second-order valence-corrected chi connectivity index (χ2v) is 12.5. The molecule has 4 aromatic carbocycles. The summed E-state index contributed by atoms with van der Waals surface area (Å²) in [6.45, 7) is 1.91. The van der Waals surface area contributed by atoms with Gasteiger partial charge in [0.25, 0.3) is 5.91 Å². The summed E-state index contributed by atoms with van der Waals surface area (Å²) in [7, 11) is 0. The molecular formula is C39H37N3O5. The molecule has 3 amide bonds. The first-order valence-electron chi connectivity index (χ1n) is 16.2. The van der Waals surface area contributed by atoms with Crippen molar-refractivity contribution in [1.29, 1.82) is 0 Å². The Morgan fingerprint density at radius 3 is 2.00 bits per heavy atom. The summed E-state index contributed by atoms with van der Waals surface area (Å²) in [5, 5.41) is 21.7. The Balaban J connectivity index is 1.28. The first kappa shape index (κ1) is 30.6. The highest BCUT2D eigenvalue weighted by atomic mass is 16.3. The molecule has 3 heterocycles. The number of aliphatic hydroxyl groups is 2. The van der Waals surface area contributed by atoms with Crippen LogP contribution in [0.5, 0.6) is 0 Å². The molecule has 0 unspecified atom stereocenters. The summed E-state index contributed by atoms with van der Waals surface area (Å²) >= 11 is 0. The van der Waals surface area contributed by atoms with Crippen LogP contribution in [-0.4, -0.2) is 34.5 Å². The van der Waals surface area contributed by atoms with Crippen LogP contribution >= 0.6 is 0 Å². The van der Waals surface area contributed by atoms with Gasteiger partial charge < -0.3 is 15.1 Å². The minimum absolute atomic E-state index is 0.0164. The third-order valence-electron chi connectivity index (χ3n) is 9.58. The Hall–Kier alpha value is -5.05. The van der Waals surface area contributed by atoms with Crippen molar-refractivity contribution in [2.75, 3.05) is 21.3 Å². The van der Waals surface area contributed by atoms with Crippen molar-refractivity contribution in [2.45, 2.75) is 51.2 Å². The monoisotopic (exact) mass is 627 g/mol. The van der Waals surface area contributed by atoms with Gasteiger partial charge in [-0.3, -0.25) is 24.2 Å². The normalized spacial score (nSPS) is 19.6. The molecule has 0 spiro atoms. The number of anilines is 5. The Labute approximate surface area is 274 Å². The van der Waals surface area contributed by atoms with Gasteiger partial charge in [-0.25, -0.2) is 0 Å². The number of carbonyl (C=O) groups is 3. The van der Waals surface area contributed by atoms with Crippen LogP contribution in [0.3, 0.4) is 0 Å². The van der Waals surface area contributed by atoms with Crippen LogP contribution in [0.4, 0.5) is 28.4 Å². The Morgan fingerprint density at radius 2 is 1.36 bits per heavy atom. The highest BCUT2D eigenvalue weighted by Crippen LogP contribution is 2.48. The molecule has 0 aromatic heterocycles. The van der Waals surface area contributed by atoms with E-state index in [9.17, 15) is 24.6 Å². The molecule has 0 radical (unpaired) electrons. The number of carbonyl (C=O) groups excluding carboxylic acids is 3. The smallest absolute Gasteiger partial charge is 0.264 e. The van der Waals surface area contributed by atoms with Gasteiger partial charge in [0.1, 0.15) is 0 Å². The van der Waals surface area contributed by atoms with Crippen LogP contribution in [0, 0.1) is 5.92 Å². The molecular weight excluding hydrogens is 590 g/mol. The largest absolute Gasteiger partial charge is 0.396 e. The minimum atomic E-state index is -1.91. The molecule has 47 heavy (non-hydrogen) atoms. The molecule has 0 bridgehead atoms. The quantitative estimate of drug-likeness (QED) is 0.226. The number of hydrogen-bond donors (Lipinski definition) is 2. The molecule has 2 atom stereocenters. The van der Waals surface area contributed by atoms with Crippen molar-refractivity contribution in [1.82, 2.24) is 0 Å². The van der Waals surface area contributed by atoms with Gasteiger partial charge in [0.15, 0.2) is 5.60 Å². The van der Waals surface area contributed by atoms with Gasteiger partial charge in [0.2, 0.25) is 11.8 Å². The standard InChI is InChI=1S/C39H37N3O5/c1-26(9-6-7-22-43)39(47)32-24-31(42-34-15-5-3-12-29(34)17-21-37(42)45)18-19-35(32)40(38(39)46)25-27-10-8-13-30(23-27)41-33-14-4-2-11-28(33)16-20-36(41)44/h2-6,8-15,18-19,23-24,26,43,47H,7,16-17,20-22,25H2,1H3/b9-6+/t26-,39+/m1/s1. The molecule has 238 valence electrons. The molecule has 7 rings (SSSR count). The average Bonchev–Trinajstić information content (AvgIpc) is 3.30. The maximum Gasteiger partial charge on any atom is 0.264 e. The molecule has 8 nitrogen and oxygen atoms in total. The van der Waals surface area contributed by atoms with E-state index < -0.39 is 17.4 Å². The van der Waals surface area contributed by atoms with Crippen LogP contribution in [-0.2, 0) is 39.4 Å². The maximum atomic E-state index is 14.4. The highest BCUT2D eigenvalue weighted by Gasteiger charge is 2.53. The van der Waals surface area contributed by atoms with Crippen molar-refractivity contribution in [2.24, 2.45) is 5.92 Å². The van der Waals surface area contributed by atoms with Gasteiger partial charge in [0, 0.05) is 42.3 Å². The number of hydrogen-bond acceptors (Lipinski definition) is 5. The lowest BCUT2D eigenvalue weighted by Gasteiger charge is -2.31. The first-order chi connectivity index (χ1) is 22.8. The fraction of sp³-hybridized carbons (Fsp3) is 0.256. The zero-order valence-electron chi connectivity index (χ0n) is 26.3. The SMILES string of the molecule is C[C@H](/C=C/CCO)[C@@]1(O)C(=O)N(Cc2cccc(N3C(=O)CCc4ccccc43)c2)c2ccc(N3C(=O)CCc4ccccc43)cc21. The van der Waals surface area contributed by atoms with Crippen LogP contribution in [0.15, 0.2) is 103 Å². The zero-order chi connectivity index (χ0) is 32.7. The number of benzene rings is 4. The van der Waals surface area contributed by atoms with Gasteiger partial charge in [0.05, 0.1) is 23.6 Å². The van der Waals surface area contributed by atoms with E-state index in [1.165, 1.54) is 0 Å². The number of fused-ring (bicyclic) bond motifs is 3. The van der Waals surface area contributed by atoms with Gasteiger partial charge in [-0.15, -0.1) is 0 Å². The lowest BCUT2D eigenvalue weighted by atomic mass is 9.82. The van der Waals surface area contributed by atoms with E-state index in [0.717, 1.165) is 33.8 Å². The van der Waals surface area contributed by atoms with Crippen LogP contribution in [0.25, 0.3) is 0 Å². The molecule has 0 saturated heterocycles. The topological polar surface area (TPSA) is 101 Å². The average molecular weight is 628 g/mol. The predicted octanol–water partition coefficient (Wildman–Crippen LogP) is 6.22. The third-order valence-corrected chi connectivity index (χ3v) is 9.58. The summed E-state index contributed by atoms with van der Waals surface area (Å²) in [4.78, 5) is 45.8. The van der Waals surface area contributed by atoms with Crippen molar-refractivity contribution in [3.63, 3.8) is 0 Å². The molecule has 2 N–H and O–H groups in total. The lowest BCUT2D eigenvalue weighted by molar-refractivity contribution is -0.139. The summed E-state index contributed by atoms with van der Waals surface area (Å²) < 4.78 is 0. The van der Waals surface area contributed by atoms with Gasteiger partial charge in [-0.05, 0) is 78.4 Å². The van der Waals surface area contributed by atoms with Gasteiger partial charge in [-0.2, -0.15) is 0 Å². The van der Waals surface area contributed by atoms with Crippen molar-refractivity contribution in [3.8, 4) is 0 Å². The van der Waals surface area contributed by atoms with Crippen LogP contribution in [0.1, 0.15) is 48.4 Å². The molecule has 0 saturated carbocycles. The van der Waals surface area contributed by atoms with E-state index in [4.69, 9.17) is 0 Å². The Bertz CT molecular complexity index is 1920. The molecule has 0 aliphatic carbocycles. The summed E-state index contributed by atoms with van der Waals surface area (Å²) in [5.41, 5.74) is 5.03. The van der Waals surface area contributed by atoms with Crippen LogP contribution < -0.4 is 14.7 Å². The second-order valence-electron chi connectivity index (χ2n) is 12.5. The van der Waals surface area contributed by atoms with Crippen molar-refractivity contribution in [3.05, 3.63) is 125 Å². The van der Waals surface area contributed by atoms with Crippen molar-refractivity contribution >= 4 is 46.2 Å². The molecule has 8 heteroatoms. The van der Waals surface area contributed by atoms with Gasteiger partial charge in [-0.1, -0.05) is 67.6 Å². The van der Waals surface area contributed by atoms with Gasteiger partial charge >= 0.3 is 0 Å². The lowest BCUT2D eigenvalue weighted by Crippen LogP contribution is -2.44. The molecule has 3 aliphatic rings. The third kappa shape index (κ3) is 5.23. The maximum absolute atomic E-state index is 14.4.